The van der Waals surface area contributed by atoms with Gasteiger partial charge in [0.25, 0.3) is 5.91 Å². The number of amides is 1. The lowest BCUT2D eigenvalue weighted by Gasteiger charge is -2.05. The van der Waals surface area contributed by atoms with Crippen LogP contribution in [-0.4, -0.2) is 23.9 Å². The molecule has 2 rings (SSSR count). The van der Waals surface area contributed by atoms with Crippen LogP contribution in [0.1, 0.15) is 15.9 Å². The molecule has 1 aromatic carbocycles. The second-order valence-electron chi connectivity index (χ2n) is 3.22. The molecule has 1 aromatic rings. The van der Waals surface area contributed by atoms with Crippen LogP contribution in [0.2, 0.25) is 0 Å². The van der Waals surface area contributed by atoms with E-state index in [2.05, 4.69) is 0 Å². The molecule has 1 fully saturated rings. The first kappa shape index (κ1) is 8.23. The molecule has 3 heteroatoms. The van der Waals surface area contributed by atoms with E-state index in [1.165, 1.54) is 6.07 Å². The molecule has 1 aliphatic heterocycles. The molecular weight excluding hydrogens is 169 g/mol. The molecule has 1 amide bonds. The summed E-state index contributed by atoms with van der Waals surface area (Å²) in [5.41, 5.74) is 0.928. The summed E-state index contributed by atoms with van der Waals surface area (Å²) in [4.78, 5) is 13.2. The number of hydrogen-bond donors (Lipinski definition) is 0. The minimum absolute atomic E-state index is 0.185. The fourth-order valence-corrected chi connectivity index (χ4v) is 1.31. The minimum atomic E-state index is -0.420. The van der Waals surface area contributed by atoms with E-state index in [0.29, 0.717) is 5.56 Å². The van der Waals surface area contributed by atoms with E-state index in [0.717, 1.165) is 13.1 Å². The molecule has 0 bridgehead atoms. The Hall–Kier alpha value is -1.38. The predicted molar refractivity (Wildman–Crippen MR) is 47.0 cm³/mol. The largest absolute Gasteiger partial charge is 0.335 e. The fraction of sp³-hybridized carbons (Fsp3) is 0.300. The van der Waals surface area contributed by atoms with Gasteiger partial charge in [0, 0.05) is 13.1 Å². The lowest BCUT2D eigenvalue weighted by atomic mass is 10.1. The molecule has 0 spiro atoms. The zero-order valence-electron chi connectivity index (χ0n) is 7.38. The molecule has 0 saturated carbocycles. The van der Waals surface area contributed by atoms with Gasteiger partial charge in [0.2, 0.25) is 0 Å². The number of hydrogen-bond acceptors (Lipinski definition) is 1. The Balaban J connectivity index is 2.42. The highest BCUT2D eigenvalue weighted by Crippen LogP contribution is 2.18. The predicted octanol–water partition coefficient (Wildman–Crippen LogP) is 1.59. The van der Waals surface area contributed by atoms with Crippen molar-refractivity contribution in [3.05, 3.63) is 35.1 Å². The number of rotatable bonds is 1. The van der Waals surface area contributed by atoms with Gasteiger partial charge >= 0.3 is 0 Å². The monoisotopic (exact) mass is 179 g/mol. The Morgan fingerprint density at radius 3 is 2.69 bits per heavy atom. The first-order valence-electron chi connectivity index (χ1n) is 4.24. The van der Waals surface area contributed by atoms with Gasteiger partial charge in [-0.2, -0.15) is 0 Å². The van der Waals surface area contributed by atoms with Crippen molar-refractivity contribution in [3.63, 3.8) is 0 Å². The van der Waals surface area contributed by atoms with E-state index < -0.39 is 5.82 Å². The van der Waals surface area contributed by atoms with Crippen molar-refractivity contribution in [1.29, 1.82) is 0 Å². The lowest BCUT2D eigenvalue weighted by Crippen LogP contribution is -2.14. The zero-order valence-corrected chi connectivity index (χ0v) is 7.38. The third-order valence-electron chi connectivity index (χ3n) is 2.17. The Morgan fingerprint density at radius 1 is 1.46 bits per heavy atom. The first-order chi connectivity index (χ1) is 6.20. The van der Waals surface area contributed by atoms with Gasteiger partial charge < -0.3 is 4.90 Å². The smallest absolute Gasteiger partial charge is 0.257 e. The summed E-state index contributed by atoms with van der Waals surface area (Å²) in [5.74, 6) is -0.604. The number of carbonyl (C=O) groups excluding carboxylic acids is 1. The summed E-state index contributed by atoms with van der Waals surface area (Å²) in [6.45, 7) is 3.26. The quantitative estimate of drug-likeness (QED) is 0.599. The van der Waals surface area contributed by atoms with Gasteiger partial charge in [0.05, 0.1) is 5.56 Å². The van der Waals surface area contributed by atoms with Crippen molar-refractivity contribution >= 4 is 5.91 Å². The summed E-state index contributed by atoms with van der Waals surface area (Å²) in [6, 6.07) is 4.69. The third kappa shape index (κ3) is 1.41. The summed E-state index contributed by atoms with van der Waals surface area (Å²) in [7, 11) is 0. The van der Waals surface area contributed by atoms with Gasteiger partial charge in [-0.15, -0.1) is 0 Å². The van der Waals surface area contributed by atoms with Gasteiger partial charge in [0.15, 0.2) is 0 Å². The maximum Gasteiger partial charge on any atom is 0.257 e. The van der Waals surface area contributed by atoms with Gasteiger partial charge in [-0.3, -0.25) is 4.79 Å². The highest BCUT2D eigenvalue weighted by molar-refractivity contribution is 5.97. The van der Waals surface area contributed by atoms with Crippen LogP contribution in [0.5, 0.6) is 0 Å². The van der Waals surface area contributed by atoms with Crippen LogP contribution in [0.25, 0.3) is 0 Å². The third-order valence-corrected chi connectivity index (χ3v) is 2.17. The normalized spacial score (nSPS) is 14.5. The number of halogens is 1. The minimum Gasteiger partial charge on any atom is -0.335 e. The van der Waals surface area contributed by atoms with Crippen LogP contribution in [0.15, 0.2) is 18.2 Å². The molecule has 1 saturated heterocycles. The van der Waals surface area contributed by atoms with Crippen molar-refractivity contribution in [3.8, 4) is 0 Å². The van der Waals surface area contributed by atoms with Crippen LogP contribution in [0.4, 0.5) is 4.39 Å². The van der Waals surface area contributed by atoms with E-state index in [1.54, 1.807) is 24.0 Å². The standard InChI is InChI=1S/C10H10FNO/c1-7-3-2-4-8(11)9(7)10(13)12-5-6-12/h2-4H,5-6H2,1H3. The SMILES string of the molecule is Cc1cccc(F)c1C(=O)N1CC1. The molecule has 0 unspecified atom stereocenters. The molecule has 0 N–H and O–H groups in total. The second-order valence-corrected chi connectivity index (χ2v) is 3.22. The van der Waals surface area contributed by atoms with E-state index in [9.17, 15) is 9.18 Å². The highest BCUT2D eigenvalue weighted by atomic mass is 19.1. The first-order valence-corrected chi connectivity index (χ1v) is 4.24. The molecule has 1 aliphatic rings. The Kier molecular flexibility index (Phi) is 1.79. The highest BCUT2D eigenvalue weighted by Gasteiger charge is 2.28. The van der Waals surface area contributed by atoms with E-state index >= 15 is 0 Å². The molecule has 1 heterocycles. The molecule has 68 valence electrons. The summed E-state index contributed by atoms with van der Waals surface area (Å²) in [6.07, 6.45) is 0. The Bertz CT molecular complexity index is 338. The van der Waals surface area contributed by atoms with Gasteiger partial charge in [-0.1, -0.05) is 12.1 Å². The van der Waals surface area contributed by atoms with Crippen LogP contribution in [0.3, 0.4) is 0 Å². The Morgan fingerprint density at radius 2 is 2.15 bits per heavy atom. The lowest BCUT2D eigenvalue weighted by molar-refractivity contribution is 0.0880. The number of benzene rings is 1. The molecule has 0 radical (unpaired) electrons. The van der Waals surface area contributed by atoms with Crippen molar-refractivity contribution in [2.75, 3.05) is 13.1 Å². The van der Waals surface area contributed by atoms with E-state index in [4.69, 9.17) is 0 Å². The summed E-state index contributed by atoms with van der Waals surface area (Å²) in [5, 5.41) is 0. The summed E-state index contributed by atoms with van der Waals surface area (Å²) >= 11 is 0. The molecule has 2 nitrogen and oxygen atoms in total. The maximum absolute atomic E-state index is 13.2. The van der Waals surface area contributed by atoms with Crippen LogP contribution >= 0.6 is 0 Å². The van der Waals surface area contributed by atoms with E-state index in [-0.39, 0.29) is 11.5 Å². The van der Waals surface area contributed by atoms with Gasteiger partial charge in [0.1, 0.15) is 5.82 Å². The van der Waals surface area contributed by atoms with Crippen LogP contribution in [-0.2, 0) is 0 Å². The second kappa shape index (κ2) is 2.83. The molecule has 0 aliphatic carbocycles. The van der Waals surface area contributed by atoms with Crippen molar-refractivity contribution in [2.24, 2.45) is 0 Å². The molecule has 0 aromatic heterocycles. The van der Waals surface area contributed by atoms with Crippen LogP contribution < -0.4 is 0 Å². The molecular formula is C10H10FNO. The van der Waals surface area contributed by atoms with Gasteiger partial charge in [-0.05, 0) is 18.6 Å². The number of nitrogens with zero attached hydrogens (tertiary/aromatic N) is 1. The van der Waals surface area contributed by atoms with Crippen molar-refractivity contribution in [2.45, 2.75) is 6.92 Å². The molecule has 0 atom stereocenters. The number of aryl methyl sites for hydroxylation is 1. The fourth-order valence-electron chi connectivity index (χ4n) is 1.31. The average Bonchev–Trinajstić information content (AvgIpc) is 2.85. The topological polar surface area (TPSA) is 20.1 Å². The average molecular weight is 179 g/mol. The number of carbonyl (C=O) groups is 1. The van der Waals surface area contributed by atoms with Crippen molar-refractivity contribution < 1.29 is 9.18 Å². The van der Waals surface area contributed by atoms with Crippen LogP contribution in [0, 0.1) is 12.7 Å². The van der Waals surface area contributed by atoms with E-state index in [1.807, 2.05) is 0 Å². The zero-order chi connectivity index (χ0) is 9.42. The Labute approximate surface area is 76.0 Å². The van der Waals surface area contributed by atoms with Gasteiger partial charge in [-0.25, -0.2) is 4.39 Å². The van der Waals surface area contributed by atoms with Crippen molar-refractivity contribution in [1.82, 2.24) is 4.90 Å². The summed E-state index contributed by atoms with van der Waals surface area (Å²) < 4.78 is 13.2. The molecule has 13 heavy (non-hydrogen) atoms. The maximum atomic E-state index is 13.2.